The second kappa shape index (κ2) is 7.39. The second-order valence-corrected chi connectivity index (χ2v) is 5.23. The van der Waals surface area contributed by atoms with Crippen LogP contribution >= 0.6 is 0 Å². The number of piperidine rings is 1. The van der Waals surface area contributed by atoms with E-state index >= 15 is 0 Å². The number of carbonyl (C=O) groups excluding carboxylic acids is 2. The highest BCUT2D eigenvalue weighted by atomic mass is 16.2. The minimum absolute atomic E-state index is 0.0167. The highest BCUT2D eigenvalue weighted by Gasteiger charge is 2.26. The van der Waals surface area contributed by atoms with Crippen molar-refractivity contribution in [3.8, 4) is 0 Å². The van der Waals surface area contributed by atoms with Crippen LogP contribution in [0.2, 0.25) is 0 Å². The maximum absolute atomic E-state index is 12.1. The summed E-state index contributed by atoms with van der Waals surface area (Å²) >= 11 is 0. The molecule has 0 aromatic carbocycles. The van der Waals surface area contributed by atoms with E-state index in [1.54, 1.807) is 11.8 Å². The highest BCUT2D eigenvalue weighted by molar-refractivity contribution is 5.80. The molecule has 0 bridgehead atoms. The predicted octanol–water partition coefficient (Wildman–Crippen LogP) is 1.80. The zero-order valence-electron chi connectivity index (χ0n) is 11.9. The third-order valence-corrected chi connectivity index (χ3v) is 3.96. The predicted molar refractivity (Wildman–Crippen MR) is 72.1 cm³/mol. The number of nitrogens with one attached hydrogen (secondary N) is 1. The Balaban J connectivity index is 2.39. The average molecular weight is 254 g/mol. The van der Waals surface area contributed by atoms with Crippen LogP contribution in [0.3, 0.4) is 0 Å². The molecule has 0 aliphatic carbocycles. The molecule has 1 aliphatic heterocycles. The number of amides is 2. The molecule has 2 amide bonds. The minimum Gasteiger partial charge on any atom is -0.356 e. The first-order chi connectivity index (χ1) is 8.58. The van der Waals surface area contributed by atoms with E-state index in [1.165, 1.54) is 0 Å². The zero-order valence-corrected chi connectivity index (χ0v) is 11.9. The lowest BCUT2D eigenvalue weighted by molar-refractivity contribution is -0.134. The maximum atomic E-state index is 12.1. The van der Waals surface area contributed by atoms with Gasteiger partial charge in [-0.3, -0.25) is 9.59 Å². The molecule has 4 heteroatoms. The van der Waals surface area contributed by atoms with Gasteiger partial charge in [-0.1, -0.05) is 26.7 Å². The lowest BCUT2D eigenvalue weighted by atomic mass is 9.96. The van der Waals surface area contributed by atoms with Gasteiger partial charge in [0.15, 0.2) is 0 Å². The van der Waals surface area contributed by atoms with Gasteiger partial charge in [0.1, 0.15) is 0 Å². The van der Waals surface area contributed by atoms with Crippen LogP contribution in [0.25, 0.3) is 0 Å². The van der Waals surface area contributed by atoms with E-state index < -0.39 is 0 Å². The van der Waals surface area contributed by atoms with Gasteiger partial charge < -0.3 is 10.2 Å². The van der Waals surface area contributed by atoms with Gasteiger partial charge in [-0.15, -0.1) is 0 Å². The molecule has 1 atom stereocenters. The van der Waals surface area contributed by atoms with E-state index in [-0.39, 0.29) is 17.7 Å². The third-order valence-electron chi connectivity index (χ3n) is 3.96. The van der Waals surface area contributed by atoms with E-state index in [4.69, 9.17) is 0 Å². The zero-order chi connectivity index (χ0) is 13.5. The molecular weight excluding hydrogens is 228 g/mol. The lowest BCUT2D eigenvalue weighted by Gasteiger charge is -2.31. The molecule has 1 heterocycles. The van der Waals surface area contributed by atoms with Crippen molar-refractivity contribution in [1.29, 1.82) is 0 Å². The Morgan fingerprint density at radius 2 is 2.00 bits per heavy atom. The molecule has 1 fully saturated rings. The fraction of sp³-hybridized carbons (Fsp3) is 0.857. The van der Waals surface area contributed by atoms with Gasteiger partial charge in [0.25, 0.3) is 0 Å². The number of likely N-dealkylation sites (tertiary alicyclic amines) is 1. The Bertz CT molecular complexity index is 288. The van der Waals surface area contributed by atoms with Crippen molar-refractivity contribution < 1.29 is 9.59 Å². The molecule has 104 valence electrons. The summed E-state index contributed by atoms with van der Waals surface area (Å²) in [6.45, 7) is 8.03. The topological polar surface area (TPSA) is 49.4 Å². The maximum Gasteiger partial charge on any atom is 0.224 e. The molecule has 1 rings (SSSR count). The van der Waals surface area contributed by atoms with Gasteiger partial charge in [0, 0.05) is 26.6 Å². The van der Waals surface area contributed by atoms with Crippen molar-refractivity contribution >= 4 is 11.8 Å². The van der Waals surface area contributed by atoms with Crippen molar-refractivity contribution in [2.45, 2.75) is 46.5 Å². The van der Waals surface area contributed by atoms with Crippen LogP contribution in [0.1, 0.15) is 46.5 Å². The van der Waals surface area contributed by atoms with E-state index in [9.17, 15) is 9.59 Å². The van der Waals surface area contributed by atoms with Crippen LogP contribution in [-0.4, -0.2) is 36.3 Å². The van der Waals surface area contributed by atoms with E-state index in [0.29, 0.717) is 12.5 Å². The highest BCUT2D eigenvalue weighted by Crippen LogP contribution is 2.17. The fourth-order valence-corrected chi connectivity index (χ4v) is 2.44. The molecule has 1 aliphatic rings. The van der Waals surface area contributed by atoms with E-state index in [0.717, 1.165) is 38.8 Å². The van der Waals surface area contributed by atoms with Gasteiger partial charge >= 0.3 is 0 Å². The summed E-state index contributed by atoms with van der Waals surface area (Å²) in [7, 11) is 0. The van der Waals surface area contributed by atoms with Gasteiger partial charge in [0.2, 0.25) is 11.8 Å². The smallest absolute Gasteiger partial charge is 0.224 e. The van der Waals surface area contributed by atoms with Crippen molar-refractivity contribution in [2.24, 2.45) is 11.8 Å². The molecule has 1 unspecified atom stereocenters. The van der Waals surface area contributed by atoms with Crippen LogP contribution in [0, 0.1) is 11.8 Å². The van der Waals surface area contributed by atoms with Gasteiger partial charge in [-0.2, -0.15) is 0 Å². The quantitative estimate of drug-likeness (QED) is 0.813. The first kappa shape index (κ1) is 15.0. The summed E-state index contributed by atoms with van der Waals surface area (Å²) in [6.07, 6.45) is 4.03. The Hall–Kier alpha value is -1.06. The molecule has 18 heavy (non-hydrogen) atoms. The van der Waals surface area contributed by atoms with Gasteiger partial charge in [-0.05, 0) is 18.8 Å². The minimum atomic E-state index is -0.0167. The first-order valence-electron chi connectivity index (χ1n) is 7.11. The van der Waals surface area contributed by atoms with E-state index in [1.807, 2.05) is 0 Å². The Morgan fingerprint density at radius 3 is 2.56 bits per heavy atom. The SMILES string of the molecule is CCC(CC)CNC(=O)C1CCCN(C(C)=O)C1. The molecule has 1 saturated heterocycles. The number of carbonyl (C=O) groups is 2. The summed E-state index contributed by atoms with van der Waals surface area (Å²) in [5.41, 5.74) is 0. The van der Waals surface area contributed by atoms with Gasteiger partial charge in [-0.25, -0.2) is 0 Å². The van der Waals surface area contributed by atoms with Crippen molar-refractivity contribution in [3.63, 3.8) is 0 Å². The largest absolute Gasteiger partial charge is 0.356 e. The first-order valence-corrected chi connectivity index (χ1v) is 7.11. The third kappa shape index (κ3) is 4.31. The Kier molecular flexibility index (Phi) is 6.16. The molecule has 0 spiro atoms. The average Bonchev–Trinajstić information content (AvgIpc) is 2.39. The van der Waals surface area contributed by atoms with Crippen molar-refractivity contribution in [1.82, 2.24) is 10.2 Å². The van der Waals surface area contributed by atoms with Crippen LogP contribution < -0.4 is 5.32 Å². The molecule has 0 radical (unpaired) electrons. The summed E-state index contributed by atoms with van der Waals surface area (Å²) in [6, 6.07) is 0. The number of nitrogens with zero attached hydrogens (tertiary/aromatic N) is 1. The Morgan fingerprint density at radius 1 is 1.33 bits per heavy atom. The molecular formula is C14H26N2O2. The fourth-order valence-electron chi connectivity index (χ4n) is 2.44. The van der Waals surface area contributed by atoms with E-state index in [2.05, 4.69) is 19.2 Å². The summed E-state index contributed by atoms with van der Waals surface area (Å²) in [5, 5.41) is 3.04. The number of hydrogen-bond acceptors (Lipinski definition) is 2. The molecule has 4 nitrogen and oxygen atoms in total. The summed E-state index contributed by atoms with van der Waals surface area (Å²) in [5.74, 6) is 0.749. The van der Waals surface area contributed by atoms with Crippen LogP contribution in [-0.2, 0) is 9.59 Å². The van der Waals surface area contributed by atoms with Crippen molar-refractivity contribution in [2.75, 3.05) is 19.6 Å². The van der Waals surface area contributed by atoms with Crippen LogP contribution in [0.15, 0.2) is 0 Å². The molecule has 1 N–H and O–H groups in total. The van der Waals surface area contributed by atoms with Crippen molar-refractivity contribution in [3.05, 3.63) is 0 Å². The summed E-state index contributed by atoms with van der Waals surface area (Å²) < 4.78 is 0. The number of rotatable bonds is 5. The monoisotopic (exact) mass is 254 g/mol. The summed E-state index contributed by atoms with van der Waals surface area (Å²) in [4.78, 5) is 25.2. The van der Waals surface area contributed by atoms with Gasteiger partial charge in [0.05, 0.1) is 5.92 Å². The second-order valence-electron chi connectivity index (χ2n) is 5.23. The molecule has 0 aromatic rings. The lowest BCUT2D eigenvalue weighted by Crippen LogP contribution is -2.45. The van der Waals surface area contributed by atoms with Crippen LogP contribution in [0.4, 0.5) is 0 Å². The van der Waals surface area contributed by atoms with Crippen LogP contribution in [0.5, 0.6) is 0 Å². The molecule has 0 saturated carbocycles. The standard InChI is InChI=1S/C14H26N2O2/c1-4-12(5-2)9-15-14(18)13-7-6-8-16(10-13)11(3)17/h12-13H,4-10H2,1-3H3,(H,15,18). The molecule has 0 aromatic heterocycles. The normalized spacial score (nSPS) is 20.0. The number of hydrogen-bond donors (Lipinski definition) is 1. The Labute approximate surface area is 110 Å².